The number of nitrogens with zero attached hydrogens (tertiary/aromatic N) is 1. The molecule has 2 aliphatic rings. The minimum Gasteiger partial charge on any atom is -0.455 e. The number of rotatable bonds is 5. The molecule has 1 aliphatic carbocycles. The molecule has 0 radical (unpaired) electrons. The number of hydrogen-bond donors (Lipinski definition) is 1. The van der Waals surface area contributed by atoms with Gasteiger partial charge < -0.3 is 9.73 Å². The summed E-state index contributed by atoms with van der Waals surface area (Å²) in [7, 11) is 0. The normalized spacial score (nSPS) is 15.4. The van der Waals surface area contributed by atoms with Crippen LogP contribution in [0.2, 0.25) is 0 Å². The quantitative estimate of drug-likeness (QED) is 0.193. The molecule has 1 atom stereocenters. The number of furan rings is 1. The molecule has 0 saturated carbocycles. The maximum atomic E-state index is 6.77. The second-order valence-corrected chi connectivity index (χ2v) is 15.2. The molecule has 1 unspecified atom stereocenters. The Labute approximate surface area is 317 Å². The molecule has 9 aromatic rings. The third-order valence-electron chi connectivity index (χ3n) is 11.0. The van der Waals surface area contributed by atoms with Gasteiger partial charge in [0, 0.05) is 37.0 Å². The van der Waals surface area contributed by atoms with E-state index in [2.05, 4.69) is 163 Å². The van der Waals surface area contributed by atoms with Gasteiger partial charge in [-0.25, -0.2) is 0 Å². The van der Waals surface area contributed by atoms with Crippen LogP contribution in [0.4, 0.5) is 0 Å². The van der Waals surface area contributed by atoms with E-state index in [0.29, 0.717) is 0 Å². The third-order valence-corrected chi connectivity index (χ3v) is 12.3. The van der Waals surface area contributed by atoms with Gasteiger partial charge in [-0.3, -0.25) is 4.99 Å². The van der Waals surface area contributed by atoms with Crippen molar-refractivity contribution in [2.75, 3.05) is 0 Å². The lowest BCUT2D eigenvalue weighted by molar-refractivity contribution is 0.664. The minimum atomic E-state index is -0.182. The van der Waals surface area contributed by atoms with Crippen molar-refractivity contribution in [3.05, 3.63) is 191 Å². The lowest BCUT2D eigenvalue weighted by atomic mass is 9.92. The van der Waals surface area contributed by atoms with E-state index in [1.54, 1.807) is 0 Å². The van der Waals surface area contributed by atoms with Crippen molar-refractivity contribution in [3.63, 3.8) is 0 Å². The third kappa shape index (κ3) is 5.06. The number of hydrogen-bond acceptors (Lipinski definition) is 4. The summed E-state index contributed by atoms with van der Waals surface area (Å²) in [4.78, 5) is 6.52. The van der Waals surface area contributed by atoms with Crippen molar-refractivity contribution in [1.29, 1.82) is 0 Å². The Kier molecular flexibility index (Phi) is 7.24. The predicted octanol–water partition coefficient (Wildman–Crippen LogP) is 13.4. The predicted molar refractivity (Wildman–Crippen MR) is 228 cm³/mol. The van der Waals surface area contributed by atoms with Gasteiger partial charge in [0.2, 0.25) is 0 Å². The van der Waals surface area contributed by atoms with E-state index >= 15 is 0 Å². The molecule has 1 N–H and O–H groups in total. The Morgan fingerprint density at radius 3 is 2.19 bits per heavy atom. The molecule has 0 amide bonds. The van der Waals surface area contributed by atoms with Gasteiger partial charge >= 0.3 is 0 Å². The first-order valence-electron chi connectivity index (χ1n) is 18.6. The van der Waals surface area contributed by atoms with Gasteiger partial charge in [0.05, 0.1) is 5.71 Å². The van der Waals surface area contributed by atoms with Crippen molar-refractivity contribution < 1.29 is 4.42 Å². The Hall–Kier alpha value is -6.49. The highest BCUT2D eigenvalue weighted by atomic mass is 32.1. The van der Waals surface area contributed by atoms with Crippen LogP contribution in [-0.2, 0) is 6.42 Å². The Morgan fingerprint density at radius 1 is 0.611 bits per heavy atom. The number of thiophene rings is 1. The molecule has 4 heteroatoms. The molecule has 3 heterocycles. The summed E-state index contributed by atoms with van der Waals surface area (Å²) >= 11 is 1.92. The zero-order chi connectivity index (χ0) is 35.6. The molecule has 3 nitrogen and oxygen atoms in total. The van der Waals surface area contributed by atoms with Crippen LogP contribution in [0.1, 0.15) is 39.7 Å². The van der Waals surface area contributed by atoms with E-state index in [0.717, 1.165) is 68.4 Å². The molecule has 2 aromatic heterocycles. The Bertz CT molecular complexity index is 3000. The molecule has 0 saturated heterocycles. The molecule has 256 valence electrons. The number of fused-ring (bicyclic) bond motifs is 8. The molecule has 11 rings (SSSR count). The van der Waals surface area contributed by atoms with Gasteiger partial charge in [-0.1, -0.05) is 146 Å². The monoisotopic (exact) mass is 710 g/mol. The topological polar surface area (TPSA) is 37.5 Å². The molecule has 1 aliphatic heterocycles. The van der Waals surface area contributed by atoms with Crippen LogP contribution in [0.15, 0.2) is 173 Å². The van der Waals surface area contributed by atoms with Gasteiger partial charge in [-0.05, 0) is 86.8 Å². The summed E-state index contributed by atoms with van der Waals surface area (Å²) < 4.78 is 8.12. The maximum Gasteiger partial charge on any atom is 0.145 e. The largest absolute Gasteiger partial charge is 0.455 e. The van der Waals surface area contributed by atoms with E-state index in [1.165, 1.54) is 48.0 Å². The molecule has 0 spiro atoms. The molecule has 0 fully saturated rings. The first-order valence-corrected chi connectivity index (χ1v) is 19.4. The van der Waals surface area contributed by atoms with E-state index in [9.17, 15) is 0 Å². The summed E-state index contributed by atoms with van der Waals surface area (Å²) in [6.07, 6.45) is 8.81. The molecular weight excluding hydrogens is 677 g/mol. The summed E-state index contributed by atoms with van der Waals surface area (Å²) in [5, 5.41) is 9.71. The summed E-state index contributed by atoms with van der Waals surface area (Å²) in [5.41, 5.74) is 13.5. The van der Waals surface area contributed by atoms with E-state index in [4.69, 9.17) is 9.41 Å². The highest BCUT2D eigenvalue weighted by Gasteiger charge is 2.22. The van der Waals surface area contributed by atoms with Crippen LogP contribution < -0.4 is 5.32 Å². The second-order valence-electron chi connectivity index (χ2n) is 14.2. The number of nitrogens with one attached hydrogen (secondary N) is 1. The van der Waals surface area contributed by atoms with Gasteiger partial charge in [0.25, 0.3) is 0 Å². The van der Waals surface area contributed by atoms with Crippen molar-refractivity contribution >= 4 is 71.6 Å². The molecular formula is C50H34N2OS. The first-order chi connectivity index (χ1) is 26.8. The fourth-order valence-electron chi connectivity index (χ4n) is 8.41. The molecule has 0 bridgehead atoms. The standard InChI is InChI=1S/C50H34N2OS/c1-3-13-32(14-4-1)43-30-44(52-50(51-43)34-15-5-2-6-16-34)33-27-25-31(26-28-33)41-29-42-47-37(20-12-23-45(47)53-48(42)38-19-8-7-17-35(38)41)40-22-11-21-39-36-18-9-10-24-46(36)54-49(39)40/h1-8,10-17,19-30,50,52H,9,18H2. The number of allylic oxidation sites excluding steroid dienone is 2. The number of benzene rings is 7. The zero-order valence-corrected chi connectivity index (χ0v) is 30.2. The van der Waals surface area contributed by atoms with Crippen molar-refractivity contribution in [1.82, 2.24) is 5.32 Å². The summed E-state index contributed by atoms with van der Waals surface area (Å²) in [5.74, 6) is 0. The van der Waals surface area contributed by atoms with Crippen molar-refractivity contribution in [3.8, 4) is 22.3 Å². The fraction of sp³-hybridized carbons (Fsp3) is 0.0600. The summed E-state index contributed by atoms with van der Waals surface area (Å²) in [6, 6.07) is 54.2. The van der Waals surface area contributed by atoms with Crippen molar-refractivity contribution in [2.45, 2.75) is 19.0 Å². The minimum absolute atomic E-state index is 0.182. The van der Waals surface area contributed by atoms with Crippen LogP contribution in [0.25, 0.3) is 76.8 Å². The number of aryl methyl sites for hydroxylation is 1. The smallest absolute Gasteiger partial charge is 0.145 e. The SMILES string of the molecule is C1=Cc2sc3c(-c4cccc5oc6c7ccccc7c(-c7ccc(C8=CC(c9ccccc9)=NC(c9ccccc9)N8)cc7)cc6c45)cccc3c2CC1. The fourth-order valence-corrected chi connectivity index (χ4v) is 9.72. The second kappa shape index (κ2) is 12.6. The first kappa shape index (κ1) is 31.1. The van der Waals surface area contributed by atoms with Gasteiger partial charge in [0.15, 0.2) is 0 Å². The maximum absolute atomic E-state index is 6.77. The van der Waals surface area contributed by atoms with Crippen LogP contribution in [-0.4, -0.2) is 5.71 Å². The number of aliphatic imine (C=N–C) groups is 1. The van der Waals surface area contributed by atoms with E-state index < -0.39 is 0 Å². The van der Waals surface area contributed by atoms with E-state index in [-0.39, 0.29) is 6.17 Å². The zero-order valence-electron chi connectivity index (χ0n) is 29.4. The lowest BCUT2D eigenvalue weighted by Crippen LogP contribution is -2.24. The van der Waals surface area contributed by atoms with Crippen LogP contribution in [0, 0.1) is 0 Å². The van der Waals surface area contributed by atoms with Crippen LogP contribution in [0.5, 0.6) is 0 Å². The van der Waals surface area contributed by atoms with E-state index in [1.807, 2.05) is 23.5 Å². The molecule has 54 heavy (non-hydrogen) atoms. The average Bonchev–Trinajstić information content (AvgIpc) is 3.83. The van der Waals surface area contributed by atoms with Crippen molar-refractivity contribution in [2.24, 2.45) is 4.99 Å². The summed E-state index contributed by atoms with van der Waals surface area (Å²) in [6.45, 7) is 0. The Morgan fingerprint density at radius 2 is 1.33 bits per heavy atom. The van der Waals surface area contributed by atoms with Gasteiger partial charge in [0.1, 0.15) is 17.3 Å². The molecule has 7 aromatic carbocycles. The lowest BCUT2D eigenvalue weighted by Gasteiger charge is -2.25. The van der Waals surface area contributed by atoms with Crippen LogP contribution in [0.3, 0.4) is 0 Å². The van der Waals surface area contributed by atoms with Gasteiger partial charge in [-0.15, -0.1) is 11.3 Å². The Balaban J connectivity index is 1.05. The highest BCUT2D eigenvalue weighted by Crippen LogP contribution is 2.46. The average molecular weight is 711 g/mol. The highest BCUT2D eigenvalue weighted by molar-refractivity contribution is 7.20. The van der Waals surface area contributed by atoms with Gasteiger partial charge in [-0.2, -0.15) is 0 Å². The van der Waals surface area contributed by atoms with Crippen LogP contribution >= 0.6 is 11.3 Å².